The van der Waals surface area contributed by atoms with E-state index in [0.717, 1.165) is 0 Å². The third-order valence-electron chi connectivity index (χ3n) is 6.26. The summed E-state index contributed by atoms with van der Waals surface area (Å²) >= 11 is 0. The molecule has 218 valence electrons. The number of hydrogen-bond donors (Lipinski definition) is 10. The zero-order valence-corrected chi connectivity index (χ0v) is 20.0. The Hall–Kier alpha value is -0.690. The van der Waals surface area contributed by atoms with Crippen molar-refractivity contribution in [2.24, 2.45) is 0 Å². The maximum absolute atomic E-state index is 11.1. The van der Waals surface area contributed by atoms with E-state index in [2.05, 4.69) is 4.18 Å². The standard InChI is InChI=1S/C18H32O18S/c1-4-7(21)8(22)10(24)17(31-4)35-15-12(26)16(27)32-6(3-20)14(15)34-18-11(25)9(23)13(5(2-19)33-18)36-37(28,29)30/h4-27H,2-3H2,1H3,(H,28,29,30)/t4-,5+,6+,7+,8+,9+,10-,11+,12+,13-,14+,15+,16+,17-,18-/m0/s1. The monoisotopic (exact) mass is 568 g/mol. The molecule has 18 nitrogen and oxygen atoms in total. The van der Waals surface area contributed by atoms with Crippen LogP contribution in [0.25, 0.3) is 0 Å². The number of aliphatic hydroxyl groups is 9. The minimum atomic E-state index is -5.15. The molecule has 0 unspecified atom stereocenters. The summed E-state index contributed by atoms with van der Waals surface area (Å²) in [5, 5.41) is 90.9. The zero-order chi connectivity index (χ0) is 27.8. The van der Waals surface area contributed by atoms with Gasteiger partial charge in [0, 0.05) is 0 Å². The van der Waals surface area contributed by atoms with E-state index in [-0.39, 0.29) is 0 Å². The number of ether oxygens (including phenoxy) is 5. The minimum Gasteiger partial charge on any atom is -0.394 e. The molecule has 19 heteroatoms. The van der Waals surface area contributed by atoms with Gasteiger partial charge in [-0.15, -0.1) is 0 Å². The molecule has 0 amide bonds. The van der Waals surface area contributed by atoms with Gasteiger partial charge in [-0.1, -0.05) is 0 Å². The van der Waals surface area contributed by atoms with E-state index in [9.17, 15) is 54.4 Å². The lowest BCUT2D eigenvalue weighted by Crippen LogP contribution is -2.67. The molecule has 0 radical (unpaired) electrons. The van der Waals surface area contributed by atoms with Gasteiger partial charge in [0.15, 0.2) is 18.9 Å². The molecule has 3 heterocycles. The minimum absolute atomic E-state index is 0.872. The molecule has 3 saturated heterocycles. The van der Waals surface area contributed by atoms with Crippen LogP contribution in [-0.2, 0) is 38.3 Å². The fourth-order valence-corrected chi connectivity index (χ4v) is 4.75. The summed E-state index contributed by atoms with van der Waals surface area (Å²) in [5.41, 5.74) is 0. The summed E-state index contributed by atoms with van der Waals surface area (Å²) in [6, 6.07) is 0. The van der Waals surface area contributed by atoms with E-state index in [4.69, 9.17) is 28.2 Å². The Labute approximate surface area is 210 Å². The van der Waals surface area contributed by atoms with Crippen LogP contribution in [0.3, 0.4) is 0 Å². The first kappa shape index (κ1) is 30.8. The highest BCUT2D eigenvalue weighted by atomic mass is 32.3. The molecule has 3 rings (SSSR count). The van der Waals surface area contributed by atoms with Crippen LogP contribution in [0, 0.1) is 0 Å². The van der Waals surface area contributed by atoms with Gasteiger partial charge in [-0.25, -0.2) is 4.18 Å². The molecule has 0 bridgehead atoms. The Morgan fingerprint density at radius 3 is 1.73 bits per heavy atom. The van der Waals surface area contributed by atoms with Crippen molar-refractivity contribution in [3.63, 3.8) is 0 Å². The lowest BCUT2D eigenvalue weighted by atomic mass is 9.96. The number of hydrogen-bond acceptors (Lipinski definition) is 17. The topological polar surface area (TPSA) is 292 Å². The van der Waals surface area contributed by atoms with Gasteiger partial charge in [-0.05, 0) is 6.92 Å². The molecule has 37 heavy (non-hydrogen) atoms. The second kappa shape index (κ2) is 12.2. The van der Waals surface area contributed by atoms with Gasteiger partial charge in [0.25, 0.3) is 0 Å². The average molecular weight is 569 g/mol. The lowest BCUT2D eigenvalue weighted by Gasteiger charge is -2.48. The summed E-state index contributed by atoms with van der Waals surface area (Å²) in [7, 11) is -5.15. The first-order chi connectivity index (χ1) is 17.2. The van der Waals surface area contributed by atoms with Gasteiger partial charge in [0.05, 0.1) is 19.3 Å². The van der Waals surface area contributed by atoms with Crippen molar-refractivity contribution in [2.75, 3.05) is 13.2 Å². The van der Waals surface area contributed by atoms with Gasteiger partial charge in [-0.2, -0.15) is 8.42 Å². The van der Waals surface area contributed by atoms with Crippen molar-refractivity contribution >= 4 is 10.4 Å². The molecule has 15 atom stereocenters. The van der Waals surface area contributed by atoms with E-state index < -0.39 is 116 Å². The largest absolute Gasteiger partial charge is 0.397 e. The Kier molecular flexibility index (Phi) is 10.2. The summed E-state index contributed by atoms with van der Waals surface area (Å²) in [6.45, 7) is -0.511. The maximum Gasteiger partial charge on any atom is 0.397 e. The smallest absolute Gasteiger partial charge is 0.394 e. The molecule has 3 fully saturated rings. The maximum atomic E-state index is 11.1. The SMILES string of the molecule is C[C@@H]1O[C@@H](O[C@@H]2[C@@H](O)[C@H](O)O[C@H](CO)[C@H]2O[C@@H]2O[C@H](CO)[C@H](OS(=O)(=O)O)[C@H](O)[C@H]2O)[C@@H](O)[C@H](O)[C@@H]1O. The molecular weight excluding hydrogens is 536 g/mol. The molecule has 3 aliphatic rings. The predicted molar refractivity (Wildman–Crippen MR) is 110 cm³/mol. The van der Waals surface area contributed by atoms with Crippen molar-refractivity contribution < 1.29 is 86.8 Å². The first-order valence-corrected chi connectivity index (χ1v) is 12.5. The molecule has 0 aliphatic carbocycles. The van der Waals surface area contributed by atoms with Crippen molar-refractivity contribution in [3.8, 4) is 0 Å². The van der Waals surface area contributed by atoms with Gasteiger partial charge < -0.3 is 69.6 Å². The van der Waals surface area contributed by atoms with Gasteiger partial charge in [0.2, 0.25) is 0 Å². The van der Waals surface area contributed by atoms with Crippen LogP contribution < -0.4 is 0 Å². The number of rotatable bonds is 8. The molecule has 0 spiro atoms. The third kappa shape index (κ3) is 6.73. The zero-order valence-electron chi connectivity index (χ0n) is 19.2. The van der Waals surface area contributed by atoms with Gasteiger partial charge >= 0.3 is 10.4 Å². The predicted octanol–water partition coefficient (Wildman–Crippen LogP) is -6.72. The van der Waals surface area contributed by atoms with Crippen LogP contribution in [0.1, 0.15) is 6.92 Å². The second-order valence-electron chi connectivity index (χ2n) is 8.82. The normalized spacial score (nSPS) is 49.6. The quantitative estimate of drug-likeness (QED) is 0.122. The van der Waals surface area contributed by atoms with Gasteiger partial charge in [-0.3, -0.25) is 4.55 Å². The first-order valence-electron chi connectivity index (χ1n) is 11.1. The van der Waals surface area contributed by atoms with E-state index in [1.54, 1.807) is 0 Å². The lowest BCUT2D eigenvalue weighted by molar-refractivity contribution is -0.381. The van der Waals surface area contributed by atoms with E-state index in [1.165, 1.54) is 6.92 Å². The third-order valence-corrected chi connectivity index (χ3v) is 6.72. The number of aliphatic hydroxyl groups excluding tert-OH is 9. The summed E-state index contributed by atoms with van der Waals surface area (Å²) in [5.74, 6) is 0. The summed E-state index contributed by atoms with van der Waals surface area (Å²) in [4.78, 5) is 0. The fourth-order valence-electron chi connectivity index (χ4n) is 4.23. The molecule has 0 aromatic rings. The van der Waals surface area contributed by atoms with E-state index in [1.807, 2.05) is 0 Å². The molecule has 10 N–H and O–H groups in total. The Morgan fingerprint density at radius 2 is 1.16 bits per heavy atom. The van der Waals surface area contributed by atoms with Crippen LogP contribution in [-0.4, -0.2) is 164 Å². The highest BCUT2D eigenvalue weighted by Crippen LogP contribution is 2.33. The fraction of sp³-hybridized carbons (Fsp3) is 1.00. The van der Waals surface area contributed by atoms with Crippen LogP contribution >= 0.6 is 0 Å². The Morgan fingerprint density at radius 1 is 0.649 bits per heavy atom. The van der Waals surface area contributed by atoms with E-state index >= 15 is 0 Å². The van der Waals surface area contributed by atoms with Crippen molar-refractivity contribution in [1.82, 2.24) is 0 Å². The van der Waals surface area contributed by atoms with Crippen LogP contribution in [0.4, 0.5) is 0 Å². The van der Waals surface area contributed by atoms with Crippen LogP contribution in [0.2, 0.25) is 0 Å². The average Bonchev–Trinajstić information content (AvgIpc) is 2.83. The van der Waals surface area contributed by atoms with Crippen molar-refractivity contribution in [1.29, 1.82) is 0 Å². The Bertz CT molecular complexity index is 843. The van der Waals surface area contributed by atoms with Crippen molar-refractivity contribution in [2.45, 2.75) is 99.0 Å². The molecule has 0 aromatic heterocycles. The van der Waals surface area contributed by atoms with Gasteiger partial charge in [0.1, 0.15) is 67.1 Å². The van der Waals surface area contributed by atoms with Crippen molar-refractivity contribution in [3.05, 3.63) is 0 Å². The second-order valence-corrected chi connectivity index (χ2v) is 9.86. The highest BCUT2D eigenvalue weighted by molar-refractivity contribution is 7.80. The summed E-state index contributed by atoms with van der Waals surface area (Å²) < 4.78 is 62.1. The highest BCUT2D eigenvalue weighted by Gasteiger charge is 2.54. The van der Waals surface area contributed by atoms with E-state index in [0.29, 0.717) is 0 Å². The molecule has 3 aliphatic heterocycles. The molecule has 0 aromatic carbocycles. The van der Waals surface area contributed by atoms with Crippen LogP contribution in [0.15, 0.2) is 0 Å². The summed E-state index contributed by atoms with van der Waals surface area (Å²) in [6.07, 6.45) is -26.4. The molecular formula is C18H32O18S. The Balaban J connectivity index is 1.84. The molecule has 0 saturated carbocycles. The van der Waals surface area contributed by atoms with Crippen LogP contribution in [0.5, 0.6) is 0 Å².